The Balaban J connectivity index is 0.00000149. The number of carbonyl (C=O) groups is 3. The zero-order valence-corrected chi connectivity index (χ0v) is 30.1. The van der Waals surface area contributed by atoms with Gasteiger partial charge in [0.25, 0.3) is 5.66 Å². The molecule has 0 fully saturated rings. The summed E-state index contributed by atoms with van der Waals surface area (Å²) < 4.78 is 0. The topological polar surface area (TPSA) is 115 Å². The number of benzene rings is 2. The number of amides is 3. The quantitative estimate of drug-likeness (QED) is 0.0748. The van der Waals surface area contributed by atoms with E-state index in [0.717, 1.165) is 32.4 Å². The van der Waals surface area contributed by atoms with E-state index in [2.05, 4.69) is 47.1 Å². The lowest BCUT2D eigenvalue weighted by Gasteiger charge is -2.31. The molecular formula is C39H62N6O3. The fourth-order valence-electron chi connectivity index (χ4n) is 5.70. The number of hydrogen-bond donors (Lipinski definition) is 4. The van der Waals surface area contributed by atoms with Gasteiger partial charge in [0, 0.05) is 19.0 Å². The molecule has 4 N–H and O–H groups in total. The first kappa shape index (κ1) is 40.5. The number of carbonyl (C=O) groups excluding carboxylic acids is 3. The van der Waals surface area contributed by atoms with Gasteiger partial charge in [-0.1, -0.05) is 147 Å². The van der Waals surface area contributed by atoms with Crippen molar-refractivity contribution in [1.29, 1.82) is 0 Å². The molecule has 0 saturated carbocycles. The van der Waals surface area contributed by atoms with Gasteiger partial charge in [-0.15, -0.1) is 5.10 Å². The molecule has 9 nitrogen and oxygen atoms in total. The van der Waals surface area contributed by atoms with E-state index in [1.807, 2.05) is 24.3 Å². The molecule has 0 radical (unpaired) electrons. The van der Waals surface area contributed by atoms with Crippen LogP contribution in [0.1, 0.15) is 130 Å². The molecule has 1 heterocycles. The predicted octanol–water partition coefficient (Wildman–Crippen LogP) is 8.28. The zero-order chi connectivity index (χ0) is 34.9. The Hall–Kier alpha value is -3.72. The molecule has 266 valence electrons. The van der Waals surface area contributed by atoms with Crippen molar-refractivity contribution >= 4 is 34.9 Å². The number of rotatable bonds is 22. The standard InChI is InChI=1S/C35H51N5O3.C4H11N/c1-3-4-5-6-7-8-9-10-11-12-13-14-15-16-23-28-32(42)36-33-35(37-29(2)41,38-30-24-19-17-20-25-30)34(43)40(39-33)31-26-21-18-22-27-31;1-3-5-4-2/h17-22,24-27,38H,3-16,23,28H2,1-2H3,(H,37,41)(H,36,39,42);5H,3-4H2,1-2H3. The van der Waals surface area contributed by atoms with Crippen molar-refractivity contribution in [2.24, 2.45) is 5.10 Å². The Morgan fingerprint density at radius 2 is 1.17 bits per heavy atom. The van der Waals surface area contributed by atoms with Crippen molar-refractivity contribution in [1.82, 2.24) is 16.0 Å². The molecule has 0 aliphatic carbocycles. The number of para-hydroxylation sites is 2. The van der Waals surface area contributed by atoms with Gasteiger partial charge in [-0.05, 0) is 43.8 Å². The lowest BCUT2D eigenvalue weighted by molar-refractivity contribution is -0.127. The van der Waals surface area contributed by atoms with Crippen LogP contribution >= 0.6 is 0 Å². The minimum Gasteiger partial charge on any atom is -0.348 e. The molecule has 0 saturated heterocycles. The maximum absolute atomic E-state index is 13.8. The van der Waals surface area contributed by atoms with Crippen LogP contribution in [0.25, 0.3) is 0 Å². The maximum Gasteiger partial charge on any atom is 0.302 e. The van der Waals surface area contributed by atoms with Crippen LogP contribution in [0.3, 0.4) is 0 Å². The number of amidine groups is 1. The van der Waals surface area contributed by atoms with Crippen LogP contribution in [0.15, 0.2) is 65.8 Å². The molecule has 1 atom stereocenters. The summed E-state index contributed by atoms with van der Waals surface area (Å²) in [7, 11) is 0. The first-order valence-corrected chi connectivity index (χ1v) is 18.5. The van der Waals surface area contributed by atoms with Crippen molar-refractivity contribution in [3.8, 4) is 0 Å². The number of nitrogens with zero attached hydrogens (tertiary/aromatic N) is 2. The summed E-state index contributed by atoms with van der Waals surface area (Å²) in [6, 6.07) is 18.0. The molecule has 0 aromatic heterocycles. The summed E-state index contributed by atoms with van der Waals surface area (Å²) in [5, 5.41) is 17.6. The third-order valence-electron chi connectivity index (χ3n) is 8.30. The van der Waals surface area contributed by atoms with E-state index < -0.39 is 17.5 Å². The Morgan fingerprint density at radius 3 is 1.62 bits per heavy atom. The van der Waals surface area contributed by atoms with Crippen molar-refractivity contribution in [3.63, 3.8) is 0 Å². The lowest BCUT2D eigenvalue weighted by Crippen LogP contribution is -2.67. The molecule has 1 aliphatic heterocycles. The summed E-state index contributed by atoms with van der Waals surface area (Å²) in [6.07, 6.45) is 19.2. The smallest absolute Gasteiger partial charge is 0.302 e. The van der Waals surface area contributed by atoms with Gasteiger partial charge >= 0.3 is 5.91 Å². The molecule has 2 aromatic carbocycles. The summed E-state index contributed by atoms with van der Waals surface area (Å²) in [5.41, 5.74) is -0.624. The van der Waals surface area contributed by atoms with Crippen molar-refractivity contribution < 1.29 is 14.4 Å². The zero-order valence-electron chi connectivity index (χ0n) is 30.1. The van der Waals surface area contributed by atoms with E-state index in [9.17, 15) is 14.4 Å². The van der Waals surface area contributed by atoms with Gasteiger partial charge in [0.05, 0.1) is 5.69 Å². The minimum atomic E-state index is -1.76. The highest BCUT2D eigenvalue weighted by Crippen LogP contribution is 2.28. The second-order valence-electron chi connectivity index (χ2n) is 12.5. The van der Waals surface area contributed by atoms with Crippen molar-refractivity contribution in [2.45, 2.75) is 136 Å². The SMILES string of the molecule is CCCCCCCCCCCCCCCCCC(=O)NC1=NN(c2ccccc2)C(=O)C1(NC(C)=O)Nc1ccccc1.CCNCC. The number of anilines is 2. The Bertz CT molecular complexity index is 1200. The first-order valence-electron chi connectivity index (χ1n) is 18.5. The van der Waals surface area contributed by atoms with Gasteiger partial charge < -0.3 is 21.3 Å². The normalized spacial score (nSPS) is 15.4. The average molecular weight is 663 g/mol. The fraction of sp³-hybridized carbons (Fsp3) is 0.590. The second kappa shape index (κ2) is 24.4. The third kappa shape index (κ3) is 15.0. The summed E-state index contributed by atoms with van der Waals surface area (Å²) in [4.78, 5) is 39.3. The molecule has 0 bridgehead atoms. The van der Waals surface area contributed by atoms with Crippen molar-refractivity contribution in [3.05, 3.63) is 60.7 Å². The van der Waals surface area contributed by atoms with Gasteiger partial charge in [0.1, 0.15) is 0 Å². The molecule has 3 amide bonds. The summed E-state index contributed by atoms with van der Waals surface area (Å²) in [6.45, 7) is 9.99. The highest BCUT2D eigenvalue weighted by Gasteiger charge is 2.54. The molecule has 0 spiro atoms. The van der Waals surface area contributed by atoms with Crippen LogP contribution in [0.5, 0.6) is 0 Å². The molecule has 1 aliphatic rings. The van der Waals surface area contributed by atoms with E-state index in [4.69, 9.17) is 0 Å². The van der Waals surface area contributed by atoms with Crippen LogP contribution in [-0.4, -0.2) is 42.3 Å². The van der Waals surface area contributed by atoms with E-state index >= 15 is 0 Å². The molecular weight excluding hydrogens is 600 g/mol. The van der Waals surface area contributed by atoms with Gasteiger partial charge in [0.2, 0.25) is 11.8 Å². The van der Waals surface area contributed by atoms with Crippen LogP contribution in [0.4, 0.5) is 11.4 Å². The summed E-state index contributed by atoms with van der Waals surface area (Å²) >= 11 is 0. The van der Waals surface area contributed by atoms with E-state index in [0.29, 0.717) is 17.8 Å². The molecule has 1 unspecified atom stereocenters. The monoisotopic (exact) mass is 662 g/mol. The van der Waals surface area contributed by atoms with Crippen LogP contribution < -0.4 is 26.3 Å². The van der Waals surface area contributed by atoms with E-state index in [-0.39, 0.29) is 11.7 Å². The van der Waals surface area contributed by atoms with E-state index in [1.54, 1.807) is 36.4 Å². The molecule has 3 rings (SSSR count). The van der Waals surface area contributed by atoms with E-state index in [1.165, 1.54) is 89.0 Å². The fourth-order valence-corrected chi connectivity index (χ4v) is 5.70. The van der Waals surface area contributed by atoms with Crippen LogP contribution in [-0.2, 0) is 14.4 Å². The van der Waals surface area contributed by atoms with Crippen LogP contribution in [0.2, 0.25) is 0 Å². The van der Waals surface area contributed by atoms with Crippen LogP contribution in [0, 0.1) is 0 Å². The molecule has 2 aromatic rings. The highest BCUT2D eigenvalue weighted by molar-refractivity contribution is 6.27. The van der Waals surface area contributed by atoms with Gasteiger partial charge in [0.15, 0.2) is 5.84 Å². The van der Waals surface area contributed by atoms with Gasteiger partial charge in [-0.25, -0.2) is 0 Å². The third-order valence-corrected chi connectivity index (χ3v) is 8.30. The largest absolute Gasteiger partial charge is 0.348 e. The number of hydrogen-bond acceptors (Lipinski definition) is 6. The average Bonchev–Trinajstić information content (AvgIpc) is 3.33. The Kier molecular flexibility index (Phi) is 20.6. The number of nitrogens with one attached hydrogen (secondary N) is 4. The number of unbranched alkanes of at least 4 members (excludes halogenated alkanes) is 14. The Labute approximate surface area is 290 Å². The lowest BCUT2D eigenvalue weighted by atomic mass is 10.0. The Morgan fingerprint density at radius 1 is 0.688 bits per heavy atom. The second-order valence-corrected chi connectivity index (χ2v) is 12.5. The van der Waals surface area contributed by atoms with Gasteiger partial charge in [-0.2, -0.15) is 5.01 Å². The molecule has 9 heteroatoms. The summed E-state index contributed by atoms with van der Waals surface area (Å²) in [5.74, 6) is -1.14. The highest BCUT2D eigenvalue weighted by atomic mass is 16.2. The van der Waals surface area contributed by atoms with Crippen molar-refractivity contribution in [2.75, 3.05) is 23.4 Å². The predicted molar refractivity (Wildman–Crippen MR) is 200 cm³/mol. The molecule has 48 heavy (non-hydrogen) atoms. The number of hydrazone groups is 1. The first-order chi connectivity index (χ1) is 23.4. The van der Waals surface area contributed by atoms with Gasteiger partial charge in [-0.3, -0.25) is 14.4 Å². The minimum absolute atomic E-state index is 0.0476. The maximum atomic E-state index is 13.8.